The summed E-state index contributed by atoms with van der Waals surface area (Å²) in [5.74, 6) is 0.137. The van der Waals surface area contributed by atoms with E-state index in [1.807, 2.05) is 38.1 Å². The molecule has 1 unspecified atom stereocenters. The molecule has 0 aliphatic carbocycles. The molecule has 0 radical (unpaired) electrons. The van der Waals surface area contributed by atoms with Crippen molar-refractivity contribution in [1.29, 1.82) is 0 Å². The Morgan fingerprint density at radius 3 is 2.79 bits per heavy atom. The second-order valence-electron chi connectivity index (χ2n) is 5.49. The number of aromatic nitrogens is 2. The molecule has 0 bridgehead atoms. The number of para-hydroxylation sites is 2. The van der Waals surface area contributed by atoms with Gasteiger partial charge < -0.3 is 9.88 Å². The van der Waals surface area contributed by atoms with Crippen LogP contribution < -0.4 is 5.32 Å². The Balaban J connectivity index is 1.99. The van der Waals surface area contributed by atoms with E-state index in [0.29, 0.717) is 0 Å². The number of fused-ring (bicyclic) bond motifs is 1. The SMILES string of the molecule is CCn1c(C(C)Nc2ccc(F)cc2[N+](=O)[O-])nc2ccccc21. The van der Waals surface area contributed by atoms with E-state index in [4.69, 9.17) is 0 Å². The summed E-state index contributed by atoms with van der Waals surface area (Å²) in [6, 6.07) is 11.0. The van der Waals surface area contributed by atoms with Crippen LogP contribution in [-0.4, -0.2) is 14.5 Å². The van der Waals surface area contributed by atoms with Gasteiger partial charge in [0.25, 0.3) is 5.69 Å². The molecule has 0 saturated heterocycles. The van der Waals surface area contributed by atoms with Crippen molar-refractivity contribution in [2.24, 2.45) is 0 Å². The minimum Gasteiger partial charge on any atom is -0.370 e. The van der Waals surface area contributed by atoms with Crippen LogP contribution in [0.4, 0.5) is 15.8 Å². The van der Waals surface area contributed by atoms with E-state index in [1.165, 1.54) is 12.1 Å². The third kappa shape index (κ3) is 2.80. The van der Waals surface area contributed by atoms with E-state index in [0.717, 1.165) is 29.5 Å². The molecular formula is C17H17FN4O2. The van der Waals surface area contributed by atoms with Crippen LogP contribution >= 0.6 is 0 Å². The molecule has 1 atom stereocenters. The molecule has 0 aliphatic rings. The van der Waals surface area contributed by atoms with Gasteiger partial charge in [0.05, 0.1) is 28.1 Å². The van der Waals surface area contributed by atoms with Gasteiger partial charge in [-0.2, -0.15) is 0 Å². The lowest BCUT2D eigenvalue weighted by molar-refractivity contribution is -0.384. The topological polar surface area (TPSA) is 73.0 Å². The summed E-state index contributed by atoms with van der Waals surface area (Å²) < 4.78 is 15.3. The van der Waals surface area contributed by atoms with Gasteiger partial charge in [0, 0.05) is 6.54 Å². The maximum absolute atomic E-state index is 13.3. The Kier molecular flexibility index (Phi) is 4.16. The third-order valence-electron chi connectivity index (χ3n) is 3.92. The Hall–Kier alpha value is -2.96. The second kappa shape index (κ2) is 6.27. The van der Waals surface area contributed by atoms with Crippen LogP contribution in [0, 0.1) is 15.9 Å². The maximum Gasteiger partial charge on any atom is 0.295 e. The fraction of sp³-hybridized carbons (Fsp3) is 0.235. The predicted molar refractivity (Wildman–Crippen MR) is 90.5 cm³/mol. The number of halogens is 1. The fourth-order valence-corrected chi connectivity index (χ4v) is 2.83. The molecule has 0 amide bonds. The number of anilines is 1. The lowest BCUT2D eigenvalue weighted by Gasteiger charge is -2.16. The first-order chi connectivity index (χ1) is 11.5. The average molecular weight is 328 g/mol. The highest BCUT2D eigenvalue weighted by atomic mass is 19.1. The van der Waals surface area contributed by atoms with Gasteiger partial charge in [0.2, 0.25) is 0 Å². The van der Waals surface area contributed by atoms with Gasteiger partial charge in [0.1, 0.15) is 17.3 Å². The van der Waals surface area contributed by atoms with Crippen LogP contribution in [0.1, 0.15) is 25.7 Å². The van der Waals surface area contributed by atoms with Crippen molar-refractivity contribution < 1.29 is 9.31 Å². The van der Waals surface area contributed by atoms with E-state index >= 15 is 0 Å². The summed E-state index contributed by atoms with van der Waals surface area (Å²) in [4.78, 5) is 15.2. The predicted octanol–water partition coefficient (Wildman–Crippen LogP) is 4.28. The monoisotopic (exact) mass is 328 g/mol. The van der Waals surface area contributed by atoms with Crippen molar-refractivity contribution >= 4 is 22.4 Å². The van der Waals surface area contributed by atoms with E-state index in [2.05, 4.69) is 14.9 Å². The minimum absolute atomic E-state index is 0.267. The van der Waals surface area contributed by atoms with E-state index in [9.17, 15) is 14.5 Å². The van der Waals surface area contributed by atoms with Crippen LogP contribution in [-0.2, 0) is 6.54 Å². The van der Waals surface area contributed by atoms with Crippen molar-refractivity contribution in [2.75, 3.05) is 5.32 Å². The number of hydrogen-bond donors (Lipinski definition) is 1. The number of hydrogen-bond acceptors (Lipinski definition) is 4. The van der Waals surface area contributed by atoms with Gasteiger partial charge in [0.15, 0.2) is 0 Å². The molecule has 3 aromatic rings. The Labute approximate surface area is 138 Å². The molecular weight excluding hydrogens is 311 g/mol. The van der Waals surface area contributed by atoms with Gasteiger partial charge in [-0.05, 0) is 38.1 Å². The highest BCUT2D eigenvalue weighted by molar-refractivity contribution is 5.76. The molecule has 2 aromatic carbocycles. The minimum atomic E-state index is -0.638. The molecule has 0 saturated carbocycles. The molecule has 3 rings (SSSR count). The summed E-state index contributed by atoms with van der Waals surface area (Å²) in [7, 11) is 0. The third-order valence-corrected chi connectivity index (χ3v) is 3.92. The molecule has 1 N–H and O–H groups in total. The zero-order chi connectivity index (χ0) is 17.3. The molecule has 7 heteroatoms. The fourth-order valence-electron chi connectivity index (χ4n) is 2.83. The molecule has 0 fully saturated rings. The largest absolute Gasteiger partial charge is 0.370 e. The number of nitro benzene ring substituents is 1. The van der Waals surface area contributed by atoms with Crippen LogP contribution in [0.5, 0.6) is 0 Å². The highest BCUT2D eigenvalue weighted by Gasteiger charge is 2.20. The zero-order valence-corrected chi connectivity index (χ0v) is 13.4. The van der Waals surface area contributed by atoms with Crippen LogP contribution in [0.25, 0.3) is 11.0 Å². The molecule has 6 nitrogen and oxygen atoms in total. The molecule has 124 valence electrons. The number of imidazole rings is 1. The zero-order valence-electron chi connectivity index (χ0n) is 13.4. The van der Waals surface area contributed by atoms with Crippen LogP contribution in [0.3, 0.4) is 0 Å². The van der Waals surface area contributed by atoms with Crippen molar-refractivity contribution in [2.45, 2.75) is 26.4 Å². The first-order valence-corrected chi connectivity index (χ1v) is 7.67. The van der Waals surface area contributed by atoms with E-state index < -0.39 is 10.7 Å². The highest BCUT2D eigenvalue weighted by Crippen LogP contribution is 2.29. The first kappa shape index (κ1) is 15.9. The van der Waals surface area contributed by atoms with Gasteiger partial charge in [-0.15, -0.1) is 0 Å². The lowest BCUT2D eigenvalue weighted by atomic mass is 10.2. The van der Waals surface area contributed by atoms with Crippen molar-refractivity contribution in [3.63, 3.8) is 0 Å². The molecule has 24 heavy (non-hydrogen) atoms. The normalized spacial score (nSPS) is 12.3. The van der Waals surface area contributed by atoms with Gasteiger partial charge in [-0.25, -0.2) is 9.37 Å². The number of nitrogens with one attached hydrogen (secondary N) is 1. The number of nitrogens with zero attached hydrogens (tertiary/aromatic N) is 3. The summed E-state index contributed by atoms with van der Waals surface area (Å²) in [5.41, 5.74) is 1.86. The summed E-state index contributed by atoms with van der Waals surface area (Å²) in [5, 5.41) is 14.2. The maximum atomic E-state index is 13.3. The van der Waals surface area contributed by atoms with Gasteiger partial charge >= 0.3 is 0 Å². The number of nitro groups is 1. The van der Waals surface area contributed by atoms with Crippen molar-refractivity contribution in [1.82, 2.24) is 9.55 Å². The van der Waals surface area contributed by atoms with Crippen LogP contribution in [0.15, 0.2) is 42.5 Å². The smallest absolute Gasteiger partial charge is 0.295 e. The second-order valence-corrected chi connectivity index (χ2v) is 5.49. The molecule has 1 heterocycles. The average Bonchev–Trinajstić information content (AvgIpc) is 2.95. The summed E-state index contributed by atoms with van der Waals surface area (Å²) >= 11 is 0. The first-order valence-electron chi connectivity index (χ1n) is 7.67. The van der Waals surface area contributed by atoms with Gasteiger partial charge in [-0.3, -0.25) is 10.1 Å². The quantitative estimate of drug-likeness (QED) is 0.560. The van der Waals surface area contributed by atoms with Gasteiger partial charge in [-0.1, -0.05) is 12.1 Å². The summed E-state index contributed by atoms with van der Waals surface area (Å²) in [6.45, 7) is 4.62. The Bertz CT molecular complexity index is 907. The number of benzene rings is 2. The number of rotatable bonds is 5. The van der Waals surface area contributed by atoms with E-state index in [1.54, 1.807) is 0 Å². The van der Waals surface area contributed by atoms with Crippen molar-refractivity contribution in [3.8, 4) is 0 Å². The Morgan fingerprint density at radius 1 is 1.33 bits per heavy atom. The standard InChI is InChI=1S/C17H17FN4O2/c1-3-21-15-7-5-4-6-13(15)20-17(21)11(2)19-14-9-8-12(18)10-16(14)22(23)24/h4-11,19H,3H2,1-2H3. The molecule has 0 spiro atoms. The lowest BCUT2D eigenvalue weighted by Crippen LogP contribution is -2.14. The van der Waals surface area contributed by atoms with Crippen molar-refractivity contribution in [3.05, 3.63) is 64.2 Å². The Morgan fingerprint density at radius 2 is 2.08 bits per heavy atom. The van der Waals surface area contributed by atoms with E-state index in [-0.39, 0.29) is 17.4 Å². The molecule has 1 aromatic heterocycles. The molecule has 0 aliphatic heterocycles. The number of aryl methyl sites for hydroxylation is 1. The summed E-state index contributed by atoms with van der Waals surface area (Å²) in [6.07, 6.45) is 0. The van der Waals surface area contributed by atoms with Crippen LogP contribution in [0.2, 0.25) is 0 Å².